The van der Waals surface area contributed by atoms with Gasteiger partial charge in [-0.25, -0.2) is 8.78 Å². The van der Waals surface area contributed by atoms with Gasteiger partial charge >= 0.3 is 0 Å². The predicted molar refractivity (Wildman–Crippen MR) is 77.4 cm³/mol. The number of halogens is 2. The standard InChI is InChI=1S/C18H16F2/c1-2-3-5-15-9-11-16(18(20)13-15)10-8-14-6-4-7-17(19)12-14/h4,6-7,9,11-13H,2-3,5H2,1H3. The van der Waals surface area contributed by atoms with Crippen molar-refractivity contribution in [2.45, 2.75) is 26.2 Å². The maximum absolute atomic E-state index is 13.9. The van der Waals surface area contributed by atoms with Crippen LogP contribution in [-0.4, -0.2) is 0 Å². The molecular formula is C18H16F2. The molecule has 2 aromatic rings. The number of rotatable bonds is 3. The number of benzene rings is 2. The monoisotopic (exact) mass is 270 g/mol. The molecule has 0 aliphatic heterocycles. The Kier molecular flexibility index (Phi) is 4.90. The maximum atomic E-state index is 13.9. The van der Waals surface area contributed by atoms with Crippen molar-refractivity contribution >= 4 is 0 Å². The van der Waals surface area contributed by atoms with E-state index in [4.69, 9.17) is 0 Å². The van der Waals surface area contributed by atoms with Crippen LogP contribution in [0.2, 0.25) is 0 Å². The van der Waals surface area contributed by atoms with Crippen molar-refractivity contribution in [3.8, 4) is 11.8 Å². The second kappa shape index (κ2) is 6.86. The van der Waals surface area contributed by atoms with Crippen LogP contribution in [0.4, 0.5) is 8.78 Å². The second-order valence-electron chi connectivity index (χ2n) is 4.68. The van der Waals surface area contributed by atoms with Crippen LogP contribution < -0.4 is 0 Å². The van der Waals surface area contributed by atoms with Crippen molar-refractivity contribution in [2.24, 2.45) is 0 Å². The highest BCUT2D eigenvalue weighted by atomic mass is 19.1. The summed E-state index contributed by atoms with van der Waals surface area (Å²) in [6, 6.07) is 11.1. The maximum Gasteiger partial charge on any atom is 0.139 e. The lowest BCUT2D eigenvalue weighted by Gasteiger charge is -2.01. The van der Waals surface area contributed by atoms with E-state index in [2.05, 4.69) is 18.8 Å². The Morgan fingerprint density at radius 3 is 2.55 bits per heavy atom. The first-order valence-electron chi connectivity index (χ1n) is 6.75. The highest BCUT2D eigenvalue weighted by Crippen LogP contribution is 2.12. The van der Waals surface area contributed by atoms with E-state index in [-0.39, 0.29) is 11.6 Å². The molecule has 0 saturated carbocycles. The summed E-state index contributed by atoms with van der Waals surface area (Å²) in [5, 5.41) is 0. The molecule has 2 heteroatoms. The Morgan fingerprint density at radius 2 is 1.85 bits per heavy atom. The van der Waals surface area contributed by atoms with Crippen LogP contribution in [0.15, 0.2) is 42.5 Å². The quantitative estimate of drug-likeness (QED) is 0.709. The average Bonchev–Trinajstić information content (AvgIpc) is 2.44. The van der Waals surface area contributed by atoms with Crippen molar-refractivity contribution in [2.75, 3.05) is 0 Å². The van der Waals surface area contributed by atoms with Crippen molar-refractivity contribution < 1.29 is 8.78 Å². The van der Waals surface area contributed by atoms with E-state index in [9.17, 15) is 8.78 Å². The molecule has 0 saturated heterocycles. The molecule has 102 valence electrons. The van der Waals surface area contributed by atoms with Gasteiger partial charge in [-0.1, -0.05) is 37.3 Å². The van der Waals surface area contributed by atoms with Crippen LogP contribution in [0, 0.1) is 23.5 Å². The van der Waals surface area contributed by atoms with E-state index in [1.165, 1.54) is 18.2 Å². The Bertz CT molecular complexity index is 648. The van der Waals surface area contributed by atoms with E-state index in [1.54, 1.807) is 18.2 Å². The van der Waals surface area contributed by atoms with Crippen molar-refractivity contribution in [1.82, 2.24) is 0 Å². The zero-order chi connectivity index (χ0) is 14.4. The molecule has 0 bridgehead atoms. The zero-order valence-corrected chi connectivity index (χ0v) is 11.4. The summed E-state index contributed by atoms with van der Waals surface area (Å²) in [6.07, 6.45) is 3.02. The highest BCUT2D eigenvalue weighted by Gasteiger charge is 2.01. The van der Waals surface area contributed by atoms with Crippen LogP contribution in [0.5, 0.6) is 0 Å². The topological polar surface area (TPSA) is 0 Å². The molecule has 0 nitrogen and oxygen atoms in total. The van der Waals surface area contributed by atoms with Gasteiger partial charge in [0, 0.05) is 5.56 Å². The summed E-state index contributed by atoms with van der Waals surface area (Å²) < 4.78 is 26.9. The van der Waals surface area contributed by atoms with E-state index in [1.807, 2.05) is 6.07 Å². The smallest absolute Gasteiger partial charge is 0.139 e. The number of aryl methyl sites for hydroxylation is 1. The van der Waals surface area contributed by atoms with Gasteiger partial charge in [0.05, 0.1) is 5.56 Å². The van der Waals surface area contributed by atoms with Crippen LogP contribution in [-0.2, 0) is 6.42 Å². The minimum absolute atomic E-state index is 0.317. The normalized spacial score (nSPS) is 9.95. The molecule has 0 radical (unpaired) electrons. The minimum Gasteiger partial charge on any atom is -0.207 e. The van der Waals surface area contributed by atoms with Gasteiger partial charge in [-0.15, -0.1) is 0 Å². The Hall–Kier alpha value is -2.14. The Balaban J connectivity index is 2.18. The molecule has 20 heavy (non-hydrogen) atoms. The molecule has 2 rings (SSSR count). The molecule has 0 unspecified atom stereocenters. The van der Waals surface area contributed by atoms with E-state index < -0.39 is 0 Å². The van der Waals surface area contributed by atoms with E-state index in [0.29, 0.717) is 11.1 Å². The van der Waals surface area contributed by atoms with Crippen molar-refractivity contribution in [1.29, 1.82) is 0 Å². The fraction of sp³-hybridized carbons (Fsp3) is 0.222. The predicted octanol–water partition coefficient (Wildman–Crippen LogP) is 4.71. The molecule has 0 atom stereocenters. The van der Waals surface area contributed by atoms with Gasteiger partial charge in [0.2, 0.25) is 0 Å². The lowest BCUT2D eigenvalue weighted by Crippen LogP contribution is -1.90. The fourth-order valence-corrected chi connectivity index (χ4v) is 1.90. The largest absolute Gasteiger partial charge is 0.207 e. The van der Waals surface area contributed by atoms with Gasteiger partial charge in [-0.2, -0.15) is 0 Å². The molecule has 0 spiro atoms. The molecule has 0 N–H and O–H groups in total. The van der Waals surface area contributed by atoms with Gasteiger partial charge in [-0.05, 0) is 48.7 Å². The van der Waals surface area contributed by atoms with Crippen LogP contribution in [0.25, 0.3) is 0 Å². The average molecular weight is 270 g/mol. The third kappa shape index (κ3) is 3.93. The molecule has 0 aliphatic carbocycles. The highest BCUT2D eigenvalue weighted by molar-refractivity contribution is 5.44. The summed E-state index contributed by atoms with van der Waals surface area (Å²) in [5.41, 5.74) is 1.87. The van der Waals surface area contributed by atoms with Gasteiger partial charge < -0.3 is 0 Å². The molecular weight excluding hydrogens is 254 g/mol. The first-order valence-corrected chi connectivity index (χ1v) is 6.75. The van der Waals surface area contributed by atoms with Crippen molar-refractivity contribution in [3.05, 3.63) is 70.8 Å². The van der Waals surface area contributed by atoms with Crippen LogP contribution in [0.1, 0.15) is 36.5 Å². The summed E-state index contributed by atoms with van der Waals surface area (Å²) >= 11 is 0. The molecule has 0 aliphatic rings. The van der Waals surface area contributed by atoms with Gasteiger partial charge in [0.1, 0.15) is 11.6 Å². The first kappa shape index (κ1) is 14.3. The number of unbranched alkanes of at least 4 members (excludes halogenated alkanes) is 1. The molecule has 0 aromatic heterocycles. The second-order valence-corrected chi connectivity index (χ2v) is 4.68. The molecule has 2 aromatic carbocycles. The summed E-state index contributed by atoms with van der Waals surface area (Å²) in [6.45, 7) is 2.11. The van der Waals surface area contributed by atoms with Gasteiger partial charge in [-0.3, -0.25) is 0 Å². The lowest BCUT2D eigenvalue weighted by atomic mass is 10.1. The SMILES string of the molecule is CCCCc1ccc(C#Cc2cccc(F)c2)c(F)c1. The van der Waals surface area contributed by atoms with Gasteiger partial charge in [0.25, 0.3) is 0 Å². The third-order valence-corrected chi connectivity index (χ3v) is 3.02. The molecule has 0 amide bonds. The fourth-order valence-electron chi connectivity index (χ4n) is 1.90. The van der Waals surface area contributed by atoms with E-state index >= 15 is 0 Å². The van der Waals surface area contributed by atoms with Crippen molar-refractivity contribution in [3.63, 3.8) is 0 Å². The van der Waals surface area contributed by atoms with E-state index in [0.717, 1.165) is 24.8 Å². The summed E-state index contributed by atoms with van der Waals surface area (Å²) in [4.78, 5) is 0. The lowest BCUT2D eigenvalue weighted by molar-refractivity contribution is 0.620. The van der Waals surface area contributed by atoms with Crippen LogP contribution in [0.3, 0.4) is 0 Å². The molecule has 0 fully saturated rings. The Labute approximate surface area is 118 Å². The summed E-state index contributed by atoms with van der Waals surface area (Å²) in [7, 11) is 0. The first-order chi connectivity index (χ1) is 9.69. The summed E-state index contributed by atoms with van der Waals surface area (Å²) in [5.74, 6) is 4.87. The van der Waals surface area contributed by atoms with Crippen LogP contribution >= 0.6 is 0 Å². The number of hydrogen-bond acceptors (Lipinski definition) is 0. The third-order valence-electron chi connectivity index (χ3n) is 3.02. The number of hydrogen-bond donors (Lipinski definition) is 0. The Morgan fingerprint density at radius 1 is 1.00 bits per heavy atom. The molecule has 0 heterocycles. The van der Waals surface area contributed by atoms with Gasteiger partial charge in [0.15, 0.2) is 0 Å². The zero-order valence-electron chi connectivity index (χ0n) is 11.4. The minimum atomic E-state index is -0.341.